The fraction of sp³-hybridized carbons (Fsp3) is 0.472. The molecule has 0 radical (unpaired) electrons. The highest BCUT2D eigenvalue weighted by Gasteiger charge is 2.64. The number of hydrogen-bond acceptors (Lipinski definition) is 8. The van der Waals surface area contributed by atoms with E-state index in [9.17, 15) is 37.1 Å². The van der Waals surface area contributed by atoms with E-state index in [2.05, 4.69) is 15.4 Å². The molecule has 0 aliphatic carbocycles. The Morgan fingerprint density at radius 1 is 0.904 bits per heavy atom. The summed E-state index contributed by atoms with van der Waals surface area (Å²) in [7, 11) is 0. The van der Waals surface area contributed by atoms with Crippen molar-refractivity contribution < 1.29 is 55.4 Å². The number of allylic oxidation sites excluding steroid dienone is 2. The number of alkyl halides is 5. The molecule has 0 saturated carbocycles. The summed E-state index contributed by atoms with van der Waals surface area (Å²) in [5, 5.41) is 5.40. The van der Waals surface area contributed by atoms with Gasteiger partial charge in [0.2, 0.25) is 5.76 Å². The molecule has 0 bridgehead atoms. The van der Waals surface area contributed by atoms with Gasteiger partial charge in [-0.15, -0.1) is 0 Å². The van der Waals surface area contributed by atoms with Crippen molar-refractivity contribution in [2.75, 3.05) is 26.3 Å². The number of nitrogens with one attached hydrogen (secondary N) is 2. The first-order valence-electron chi connectivity index (χ1n) is 16.7. The van der Waals surface area contributed by atoms with Gasteiger partial charge in [0.05, 0.1) is 25.0 Å². The molecule has 1 fully saturated rings. The third-order valence-electron chi connectivity index (χ3n) is 8.64. The van der Waals surface area contributed by atoms with Crippen LogP contribution in [-0.2, 0) is 36.8 Å². The lowest BCUT2D eigenvalue weighted by Crippen LogP contribution is -2.58. The molecule has 2 N–H and O–H groups in total. The molecule has 2 aromatic rings. The standard InChI is InChI=1S/C36H41F5N4O7/c1-20(2)28(43-31(47)23-10-12-24(13-11-23)32(48)44-14-16-51-17-15-44)34(50)45(33(49)27-18-25-8-6-7-9-26(25)19-42-27)29(21(3)4)30(52-22(5)46)35(37,38)36(39,40)41/h6-13,20-21,27-28,42H,14-19H2,1-5H3,(H,43,47)/b30-29-/t27?,28-/m0/s1. The van der Waals surface area contributed by atoms with Gasteiger partial charge in [0.15, 0.2) is 0 Å². The van der Waals surface area contributed by atoms with Crippen LogP contribution < -0.4 is 10.6 Å². The Labute approximate surface area is 297 Å². The maximum atomic E-state index is 15.3. The lowest BCUT2D eigenvalue weighted by molar-refractivity contribution is -0.276. The summed E-state index contributed by atoms with van der Waals surface area (Å²) in [6, 6.07) is 9.49. The van der Waals surface area contributed by atoms with Gasteiger partial charge >= 0.3 is 18.1 Å². The van der Waals surface area contributed by atoms with Crippen LogP contribution in [0.1, 0.15) is 66.5 Å². The van der Waals surface area contributed by atoms with Gasteiger partial charge in [-0.3, -0.25) is 24.0 Å². The van der Waals surface area contributed by atoms with Gasteiger partial charge in [0.1, 0.15) is 6.04 Å². The smallest absolute Gasteiger partial charge is 0.422 e. The lowest BCUT2D eigenvalue weighted by Gasteiger charge is -2.37. The number of fused-ring (bicyclic) bond motifs is 1. The van der Waals surface area contributed by atoms with Gasteiger partial charge in [-0.05, 0) is 53.6 Å². The third kappa shape index (κ3) is 8.84. The number of amides is 4. The Balaban J connectivity index is 1.77. The Morgan fingerprint density at radius 3 is 2.02 bits per heavy atom. The number of nitrogens with zero attached hydrogens (tertiary/aromatic N) is 2. The molecule has 0 spiro atoms. The van der Waals surface area contributed by atoms with Crippen molar-refractivity contribution in [3.63, 3.8) is 0 Å². The van der Waals surface area contributed by atoms with Crippen molar-refractivity contribution in [2.24, 2.45) is 11.8 Å². The minimum Gasteiger partial charge on any atom is -0.422 e. The molecule has 2 aromatic carbocycles. The number of imide groups is 1. The fourth-order valence-electron chi connectivity index (χ4n) is 5.89. The predicted molar refractivity (Wildman–Crippen MR) is 177 cm³/mol. The van der Waals surface area contributed by atoms with E-state index in [1.54, 1.807) is 29.2 Å². The van der Waals surface area contributed by atoms with Crippen LogP contribution in [0.15, 0.2) is 60.0 Å². The third-order valence-corrected chi connectivity index (χ3v) is 8.64. The van der Waals surface area contributed by atoms with Gasteiger partial charge in [0, 0.05) is 37.7 Å². The quantitative estimate of drug-likeness (QED) is 0.205. The number of carbonyl (C=O) groups excluding carboxylic acids is 5. The molecule has 11 nitrogen and oxygen atoms in total. The number of carbonyl (C=O) groups is 5. The molecule has 1 saturated heterocycles. The first-order valence-corrected chi connectivity index (χ1v) is 16.7. The minimum absolute atomic E-state index is 0.00996. The fourth-order valence-corrected chi connectivity index (χ4v) is 5.89. The molecule has 52 heavy (non-hydrogen) atoms. The Kier molecular flexibility index (Phi) is 12.6. The van der Waals surface area contributed by atoms with Crippen molar-refractivity contribution in [3.8, 4) is 0 Å². The van der Waals surface area contributed by atoms with Gasteiger partial charge in [-0.25, -0.2) is 4.90 Å². The molecular weight excluding hydrogens is 695 g/mol. The van der Waals surface area contributed by atoms with Crippen LogP contribution in [0.5, 0.6) is 0 Å². The van der Waals surface area contributed by atoms with Crippen LogP contribution in [0, 0.1) is 11.8 Å². The zero-order valence-electron chi connectivity index (χ0n) is 29.3. The summed E-state index contributed by atoms with van der Waals surface area (Å²) in [6.45, 7) is 7.51. The van der Waals surface area contributed by atoms with E-state index in [1.807, 2.05) is 0 Å². The summed E-state index contributed by atoms with van der Waals surface area (Å²) in [5.41, 5.74) is 0.553. The first kappa shape index (κ1) is 40.1. The number of benzene rings is 2. The average molecular weight is 737 g/mol. The first-order chi connectivity index (χ1) is 24.3. The molecule has 2 atom stereocenters. The van der Waals surface area contributed by atoms with Crippen molar-refractivity contribution in [1.29, 1.82) is 0 Å². The van der Waals surface area contributed by atoms with Crippen LogP contribution >= 0.6 is 0 Å². The van der Waals surface area contributed by atoms with E-state index in [1.165, 1.54) is 38.1 Å². The Hall–Kier alpha value is -4.70. The average Bonchev–Trinajstić information content (AvgIpc) is 3.10. The monoisotopic (exact) mass is 736 g/mol. The number of hydrogen-bond donors (Lipinski definition) is 2. The second-order valence-electron chi connectivity index (χ2n) is 13.1. The van der Waals surface area contributed by atoms with E-state index in [0.29, 0.717) is 38.8 Å². The van der Waals surface area contributed by atoms with E-state index >= 15 is 8.78 Å². The molecule has 4 amide bonds. The van der Waals surface area contributed by atoms with Crippen molar-refractivity contribution in [2.45, 2.75) is 71.8 Å². The van der Waals surface area contributed by atoms with E-state index in [4.69, 9.17) is 4.74 Å². The van der Waals surface area contributed by atoms with Crippen LogP contribution in [0.2, 0.25) is 0 Å². The minimum atomic E-state index is -6.29. The molecule has 2 heterocycles. The van der Waals surface area contributed by atoms with Crippen LogP contribution in [0.25, 0.3) is 0 Å². The summed E-state index contributed by atoms with van der Waals surface area (Å²) in [6.07, 6.45) is -6.35. The van der Waals surface area contributed by atoms with Crippen molar-refractivity contribution in [1.82, 2.24) is 20.4 Å². The second kappa shape index (κ2) is 16.3. The molecule has 4 rings (SSSR count). The largest absolute Gasteiger partial charge is 0.461 e. The number of halogens is 5. The molecule has 2 aliphatic heterocycles. The van der Waals surface area contributed by atoms with Crippen molar-refractivity contribution in [3.05, 3.63) is 82.2 Å². The Bertz CT molecular complexity index is 1700. The number of morpholine rings is 1. The molecule has 16 heteroatoms. The zero-order chi connectivity index (χ0) is 38.5. The van der Waals surface area contributed by atoms with Crippen molar-refractivity contribution >= 4 is 29.6 Å². The highest BCUT2D eigenvalue weighted by Crippen LogP contribution is 2.45. The summed E-state index contributed by atoms with van der Waals surface area (Å²) >= 11 is 0. The van der Waals surface area contributed by atoms with Gasteiger partial charge < -0.3 is 25.0 Å². The van der Waals surface area contributed by atoms with E-state index in [0.717, 1.165) is 19.4 Å². The van der Waals surface area contributed by atoms with Crippen LogP contribution in [-0.4, -0.2) is 89.9 Å². The molecule has 1 unspecified atom stereocenters. The molecule has 2 aliphatic rings. The highest BCUT2D eigenvalue weighted by molar-refractivity contribution is 6.05. The zero-order valence-corrected chi connectivity index (χ0v) is 29.3. The molecule has 0 aromatic heterocycles. The molecule has 282 valence electrons. The second-order valence-corrected chi connectivity index (χ2v) is 13.1. The maximum Gasteiger partial charge on any atom is 0.461 e. The normalized spacial score (nSPS) is 17.5. The number of rotatable bonds is 10. The Morgan fingerprint density at radius 2 is 1.48 bits per heavy atom. The van der Waals surface area contributed by atoms with E-state index in [-0.39, 0.29) is 34.9 Å². The number of esters is 1. The summed E-state index contributed by atoms with van der Waals surface area (Å²) in [4.78, 5) is 69.0. The molecular formula is C36H41F5N4O7. The predicted octanol–water partition coefficient (Wildman–Crippen LogP) is 4.61. The van der Waals surface area contributed by atoms with E-state index < -0.39 is 71.2 Å². The topological polar surface area (TPSA) is 134 Å². The van der Waals surface area contributed by atoms with Gasteiger partial charge in [-0.2, -0.15) is 22.0 Å². The van der Waals surface area contributed by atoms with Gasteiger partial charge in [0.25, 0.3) is 23.6 Å². The van der Waals surface area contributed by atoms with Crippen LogP contribution in [0.3, 0.4) is 0 Å². The lowest BCUT2D eigenvalue weighted by atomic mass is 9.93. The number of ether oxygens (including phenoxy) is 2. The SMILES string of the molecule is CC(=O)O/C(=C(/C(C)C)N(C(=O)C1Cc2ccccc2CN1)C(=O)[C@@H](NC(=O)c1ccc(C(=O)N2CCOCC2)cc1)C(C)C)C(F)(F)C(F)(F)F. The maximum absolute atomic E-state index is 15.3. The van der Waals surface area contributed by atoms with Gasteiger partial charge in [-0.1, -0.05) is 52.0 Å². The summed E-state index contributed by atoms with van der Waals surface area (Å²) in [5.74, 6) is -15.5. The highest BCUT2D eigenvalue weighted by atomic mass is 19.4. The summed E-state index contributed by atoms with van der Waals surface area (Å²) < 4.78 is 82.1. The van der Waals surface area contributed by atoms with Crippen LogP contribution in [0.4, 0.5) is 22.0 Å².